The Kier molecular flexibility index (Phi) is 3.74. The molecule has 1 spiro atoms. The van der Waals surface area contributed by atoms with Crippen molar-refractivity contribution in [1.29, 1.82) is 0 Å². The number of hydrogen-bond donors (Lipinski definition) is 3. The van der Waals surface area contributed by atoms with Gasteiger partial charge in [0.25, 0.3) is 5.91 Å². The molecule has 2 saturated heterocycles. The molecule has 25 heavy (non-hydrogen) atoms. The maximum absolute atomic E-state index is 12.2. The van der Waals surface area contributed by atoms with Gasteiger partial charge in [-0.3, -0.25) is 10.1 Å². The molecule has 8 heteroatoms. The monoisotopic (exact) mass is 344 g/mol. The first kappa shape index (κ1) is 15.7. The van der Waals surface area contributed by atoms with Gasteiger partial charge in [-0.05, 0) is 24.8 Å². The van der Waals surface area contributed by atoms with Crippen molar-refractivity contribution in [2.45, 2.75) is 24.9 Å². The second kappa shape index (κ2) is 5.94. The van der Waals surface area contributed by atoms with E-state index >= 15 is 0 Å². The van der Waals surface area contributed by atoms with Gasteiger partial charge in [-0.2, -0.15) is 0 Å². The first-order chi connectivity index (χ1) is 12.1. The van der Waals surface area contributed by atoms with Crippen LogP contribution in [-0.2, 0) is 11.3 Å². The molecule has 2 aliphatic heterocycles. The number of nitrogens with one attached hydrogen (secondary N) is 3. The Labute approximate surface area is 144 Å². The molecule has 0 unspecified atom stereocenters. The van der Waals surface area contributed by atoms with E-state index in [0.717, 1.165) is 11.3 Å². The Morgan fingerprint density at radius 3 is 2.72 bits per heavy atom. The van der Waals surface area contributed by atoms with Crippen LogP contribution in [0.25, 0.3) is 0 Å². The van der Waals surface area contributed by atoms with Crippen LogP contribution >= 0.6 is 0 Å². The first-order valence-corrected chi connectivity index (χ1v) is 8.43. The third kappa shape index (κ3) is 3.11. The molecule has 1 aromatic carbocycles. The molecule has 0 atom stereocenters. The molecule has 5 amide bonds. The van der Waals surface area contributed by atoms with Crippen LogP contribution in [-0.4, -0.2) is 48.1 Å². The number of nitrogens with zero attached hydrogens (tertiary/aromatic N) is 1. The summed E-state index contributed by atoms with van der Waals surface area (Å²) in [6.45, 7) is 1.42. The minimum atomic E-state index is -0.959. The number of carbonyl (C=O) groups excluding carboxylic acids is 3. The minimum Gasteiger partial charge on any atom is -0.493 e. The first-order valence-electron chi connectivity index (χ1n) is 8.43. The van der Waals surface area contributed by atoms with Crippen molar-refractivity contribution in [3.05, 3.63) is 29.8 Å². The zero-order valence-corrected chi connectivity index (χ0v) is 13.7. The van der Waals surface area contributed by atoms with Crippen LogP contribution in [0.4, 0.5) is 9.59 Å². The highest BCUT2D eigenvalue weighted by Gasteiger charge is 2.56. The molecule has 8 nitrogen and oxygen atoms in total. The Morgan fingerprint density at radius 2 is 2.04 bits per heavy atom. The van der Waals surface area contributed by atoms with Crippen LogP contribution in [0.1, 0.15) is 18.4 Å². The van der Waals surface area contributed by atoms with E-state index in [0.29, 0.717) is 19.1 Å². The average molecular weight is 344 g/mol. The van der Waals surface area contributed by atoms with Gasteiger partial charge in [0.1, 0.15) is 5.75 Å². The van der Waals surface area contributed by atoms with E-state index in [9.17, 15) is 14.4 Å². The largest absolute Gasteiger partial charge is 0.493 e. The number of amides is 5. The number of hydrogen-bond acceptors (Lipinski definition) is 4. The summed E-state index contributed by atoms with van der Waals surface area (Å²) in [7, 11) is 0. The molecule has 0 radical (unpaired) electrons. The minimum absolute atomic E-state index is 0.177. The zero-order valence-electron chi connectivity index (χ0n) is 13.7. The van der Waals surface area contributed by atoms with Gasteiger partial charge in [-0.15, -0.1) is 0 Å². The van der Waals surface area contributed by atoms with E-state index in [-0.39, 0.29) is 25.0 Å². The molecule has 3 N–H and O–H groups in total. The van der Waals surface area contributed by atoms with Crippen molar-refractivity contribution in [3.8, 4) is 5.75 Å². The molecular weight excluding hydrogens is 324 g/mol. The molecule has 0 aromatic heterocycles. The third-order valence-corrected chi connectivity index (χ3v) is 4.80. The fourth-order valence-electron chi connectivity index (χ4n) is 3.07. The molecule has 0 bridgehead atoms. The van der Waals surface area contributed by atoms with E-state index in [2.05, 4.69) is 16.0 Å². The number of ether oxygens (including phenoxy) is 1. The van der Waals surface area contributed by atoms with Crippen molar-refractivity contribution in [1.82, 2.24) is 20.9 Å². The summed E-state index contributed by atoms with van der Waals surface area (Å²) in [4.78, 5) is 36.7. The Morgan fingerprint density at radius 1 is 1.28 bits per heavy atom. The highest BCUT2D eigenvalue weighted by molar-refractivity contribution is 6.08. The molecule has 3 fully saturated rings. The second-order valence-corrected chi connectivity index (χ2v) is 6.87. The number of benzene rings is 1. The Bertz CT molecular complexity index is 725. The van der Waals surface area contributed by atoms with Crippen LogP contribution in [0.15, 0.2) is 24.3 Å². The van der Waals surface area contributed by atoms with E-state index < -0.39 is 11.6 Å². The van der Waals surface area contributed by atoms with Gasteiger partial charge in [0.15, 0.2) is 5.54 Å². The van der Waals surface area contributed by atoms with Crippen molar-refractivity contribution >= 4 is 18.0 Å². The molecule has 1 saturated carbocycles. The van der Waals surface area contributed by atoms with Gasteiger partial charge in [0, 0.05) is 12.1 Å². The summed E-state index contributed by atoms with van der Waals surface area (Å²) in [6, 6.07) is 6.87. The smallest absolute Gasteiger partial charge is 0.322 e. The maximum atomic E-state index is 12.2. The van der Waals surface area contributed by atoms with Gasteiger partial charge in [0.2, 0.25) is 0 Å². The van der Waals surface area contributed by atoms with Gasteiger partial charge < -0.3 is 20.3 Å². The van der Waals surface area contributed by atoms with Gasteiger partial charge in [0.05, 0.1) is 19.7 Å². The fraction of sp³-hybridized carbons (Fsp3) is 0.471. The average Bonchev–Trinajstić information content (AvgIpc) is 3.33. The van der Waals surface area contributed by atoms with Crippen LogP contribution in [0.5, 0.6) is 5.75 Å². The highest BCUT2D eigenvalue weighted by Crippen LogP contribution is 2.30. The summed E-state index contributed by atoms with van der Waals surface area (Å²) in [5.41, 5.74) is -0.0432. The SMILES string of the molecule is O=C1NC(=O)C2(CN(C(=O)NCc3ccccc3OCC3CC3)C2)N1. The van der Waals surface area contributed by atoms with Crippen molar-refractivity contribution < 1.29 is 19.1 Å². The molecular formula is C17H20N4O4. The number of urea groups is 2. The highest BCUT2D eigenvalue weighted by atomic mass is 16.5. The third-order valence-electron chi connectivity index (χ3n) is 4.80. The van der Waals surface area contributed by atoms with Crippen LogP contribution < -0.4 is 20.7 Å². The van der Waals surface area contributed by atoms with Crippen LogP contribution in [0.3, 0.4) is 0 Å². The zero-order chi connectivity index (χ0) is 17.4. The van der Waals surface area contributed by atoms with Crippen LogP contribution in [0.2, 0.25) is 0 Å². The van der Waals surface area contributed by atoms with Crippen molar-refractivity contribution in [2.24, 2.45) is 5.92 Å². The Hall–Kier alpha value is -2.77. The molecule has 2 heterocycles. The number of carbonyl (C=O) groups is 3. The lowest BCUT2D eigenvalue weighted by molar-refractivity contribution is -0.128. The standard InChI is InChI=1S/C17H20N4O4/c22-14-17(20-15(23)19-14)9-21(10-17)16(24)18-7-12-3-1-2-4-13(12)25-8-11-5-6-11/h1-4,11H,5-10H2,(H,18,24)(H2,19,20,22,23). The second-order valence-electron chi connectivity index (χ2n) is 6.87. The number of imide groups is 1. The number of likely N-dealkylation sites (tertiary alicyclic amines) is 1. The number of para-hydroxylation sites is 1. The molecule has 4 rings (SSSR count). The molecule has 3 aliphatic rings. The van der Waals surface area contributed by atoms with E-state index in [1.54, 1.807) is 0 Å². The van der Waals surface area contributed by atoms with Crippen molar-refractivity contribution in [3.63, 3.8) is 0 Å². The lowest BCUT2D eigenvalue weighted by Crippen LogP contribution is -2.72. The molecule has 1 aromatic rings. The summed E-state index contributed by atoms with van der Waals surface area (Å²) in [5, 5.41) is 7.61. The maximum Gasteiger partial charge on any atom is 0.322 e. The van der Waals surface area contributed by atoms with Gasteiger partial charge in [-0.1, -0.05) is 18.2 Å². The summed E-state index contributed by atoms with van der Waals surface area (Å²) in [6.07, 6.45) is 2.44. The predicted molar refractivity (Wildman–Crippen MR) is 87.9 cm³/mol. The number of rotatable bonds is 5. The summed E-state index contributed by atoms with van der Waals surface area (Å²) in [5.74, 6) is 1.07. The quantitative estimate of drug-likeness (QED) is 0.680. The van der Waals surface area contributed by atoms with Gasteiger partial charge in [-0.25, -0.2) is 9.59 Å². The van der Waals surface area contributed by atoms with E-state index in [1.165, 1.54) is 17.7 Å². The molecule has 1 aliphatic carbocycles. The molecule has 132 valence electrons. The summed E-state index contributed by atoms with van der Waals surface area (Å²) < 4.78 is 5.83. The van der Waals surface area contributed by atoms with E-state index in [4.69, 9.17) is 4.74 Å². The van der Waals surface area contributed by atoms with E-state index in [1.807, 2.05) is 24.3 Å². The Balaban J connectivity index is 1.29. The predicted octanol–water partition coefficient (Wildman–Crippen LogP) is 0.579. The van der Waals surface area contributed by atoms with Crippen LogP contribution in [0, 0.1) is 5.92 Å². The van der Waals surface area contributed by atoms with Gasteiger partial charge >= 0.3 is 12.1 Å². The lowest BCUT2D eigenvalue weighted by atomic mass is 9.90. The summed E-state index contributed by atoms with van der Waals surface area (Å²) >= 11 is 0. The fourth-order valence-corrected chi connectivity index (χ4v) is 3.07. The van der Waals surface area contributed by atoms with Crippen molar-refractivity contribution in [2.75, 3.05) is 19.7 Å². The normalized spacial score (nSPS) is 20.7. The lowest BCUT2D eigenvalue weighted by Gasteiger charge is -2.44. The topological polar surface area (TPSA) is 99.8 Å².